The molecule has 0 unspecified atom stereocenters. The second-order valence-electron chi connectivity index (χ2n) is 12.1. The maximum Gasteiger partial charge on any atom is 0.136 e. The van der Waals surface area contributed by atoms with Gasteiger partial charge in [-0.1, -0.05) is 78.9 Å². The predicted octanol–water partition coefficient (Wildman–Crippen LogP) is 12.6. The van der Waals surface area contributed by atoms with Crippen LogP contribution < -0.4 is 0 Å². The fourth-order valence-corrected chi connectivity index (χ4v) is 8.71. The minimum atomic E-state index is 0.904. The van der Waals surface area contributed by atoms with E-state index < -0.39 is 0 Å². The van der Waals surface area contributed by atoms with Gasteiger partial charge in [-0.15, -0.1) is 11.3 Å². The molecule has 4 heterocycles. The van der Waals surface area contributed by atoms with Crippen molar-refractivity contribution in [3.05, 3.63) is 140 Å². The lowest BCUT2D eigenvalue weighted by atomic mass is 10.0. The molecule has 4 aromatic heterocycles. The molecule has 0 amide bonds. The Hall–Kier alpha value is -5.84. The number of para-hydroxylation sites is 3. The van der Waals surface area contributed by atoms with E-state index in [1.807, 2.05) is 23.5 Å². The molecule has 0 aliphatic rings. The number of hydrogen-bond donors (Lipinski definition) is 0. The summed E-state index contributed by atoms with van der Waals surface area (Å²) >= 11 is 1.84. The van der Waals surface area contributed by atoms with Crippen LogP contribution in [0.15, 0.2) is 148 Å². The van der Waals surface area contributed by atoms with Crippen molar-refractivity contribution in [3.63, 3.8) is 0 Å². The van der Waals surface area contributed by atoms with Crippen LogP contribution in [0.3, 0.4) is 0 Å². The molecule has 11 aromatic rings. The van der Waals surface area contributed by atoms with Crippen molar-refractivity contribution < 1.29 is 8.83 Å². The van der Waals surface area contributed by atoms with Gasteiger partial charge in [-0.25, -0.2) is 0 Å². The van der Waals surface area contributed by atoms with Crippen molar-refractivity contribution in [2.24, 2.45) is 0 Å². The summed E-state index contributed by atoms with van der Waals surface area (Å²) in [7, 11) is 0. The second kappa shape index (κ2) is 8.87. The molecule has 0 spiro atoms. The monoisotopic (exact) mass is 605 g/mol. The van der Waals surface area contributed by atoms with Gasteiger partial charge in [0.25, 0.3) is 0 Å². The van der Waals surface area contributed by atoms with Crippen LogP contribution in [-0.2, 0) is 0 Å². The highest BCUT2D eigenvalue weighted by atomic mass is 32.1. The van der Waals surface area contributed by atoms with Gasteiger partial charge in [0.05, 0.1) is 21.4 Å². The van der Waals surface area contributed by atoms with E-state index in [1.165, 1.54) is 47.7 Å². The zero-order valence-electron chi connectivity index (χ0n) is 24.5. The average Bonchev–Trinajstić information content (AvgIpc) is 3.85. The largest absolute Gasteiger partial charge is 0.456 e. The molecule has 46 heavy (non-hydrogen) atoms. The molecule has 0 saturated heterocycles. The molecule has 4 heteroatoms. The Kier molecular flexibility index (Phi) is 4.72. The number of hydrogen-bond acceptors (Lipinski definition) is 3. The van der Waals surface area contributed by atoms with E-state index in [0.29, 0.717) is 0 Å². The zero-order valence-corrected chi connectivity index (χ0v) is 25.3. The first-order valence-corrected chi connectivity index (χ1v) is 16.3. The SMILES string of the molecule is c1ccc2c(c1)oc1ccc(-c3ccc4oc5cc6sc7c(-n8c9ccccc9c9ccccc98)cccc7c6cc5c4c3)cc12. The minimum Gasteiger partial charge on any atom is -0.456 e. The number of nitrogens with zero attached hydrogens (tertiary/aromatic N) is 1. The predicted molar refractivity (Wildman–Crippen MR) is 194 cm³/mol. The van der Waals surface area contributed by atoms with Crippen LogP contribution in [0.25, 0.3) is 103 Å². The van der Waals surface area contributed by atoms with Crippen molar-refractivity contribution >= 4 is 97.2 Å². The lowest BCUT2D eigenvalue weighted by molar-refractivity contribution is 0.668. The van der Waals surface area contributed by atoms with Crippen LogP contribution in [0.5, 0.6) is 0 Å². The van der Waals surface area contributed by atoms with Crippen LogP contribution in [0, 0.1) is 0 Å². The van der Waals surface area contributed by atoms with Gasteiger partial charge in [0.15, 0.2) is 0 Å². The van der Waals surface area contributed by atoms with Crippen LogP contribution in [-0.4, -0.2) is 4.57 Å². The molecule has 0 bridgehead atoms. The van der Waals surface area contributed by atoms with Crippen LogP contribution in [0.2, 0.25) is 0 Å². The number of aromatic nitrogens is 1. The standard InChI is InChI=1S/C42H23NO2S/c1-4-12-34-26(8-1)27-9-2-5-13-35(27)43(34)36-14-7-11-29-33-22-32-31-21-25(17-19-39(31)45-40(32)23-41(33)46-42(29)36)24-16-18-38-30(20-24)28-10-3-6-15-37(28)44-38/h1-23H. The summed E-state index contributed by atoms with van der Waals surface area (Å²) in [5.74, 6) is 0. The fourth-order valence-electron chi connectivity index (χ4n) is 7.50. The number of furan rings is 2. The Morgan fingerprint density at radius 3 is 1.70 bits per heavy atom. The molecule has 0 fully saturated rings. The van der Waals surface area contributed by atoms with E-state index in [-0.39, 0.29) is 0 Å². The van der Waals surface area contributed by atoms with Gasteiger partial charge in [-0.3, -0.25) is 0 Å². The Balaban J connectivity index is 1.13. The highest BCUT2D eigenvalue weighted by Gasteiger charge is 2.18. The van der Waals surface area contributed by atoms with E-state index in [2.05, 4.69) is 132 Å². The smallest absolute Gasteiger partial charge is 0.136 e. The lowest BCUT2D eigenvalue weighted by Crippen LogP contribution is -1.93. The minimum absolute atomic E-state index is 0.904. The first kappa shape index (κ1) is 24.5. The van der Waals surface area contributed by atoms with Gasteiger partial charge in [0.1, 0.15) is 22.3 Å². The molecule has 0 radical (unpaired) electrons. The van der Waals surface area contributed by atoms with Gasteiger partial charge in [0, 0.05) is 47.8 Å². The van der Waals surface area contributed by atoms with Crippen molar-refractivity contribution in [1.29, 1.82) is 0 Å². The first-order valence-electron chi connectivity index (χ1n) is 15.5. The Bertz CT molecular complexity index is 2990. The molecule has 11 rings (SSSR count). The maximum atomic E-state index is 6.47. The summed E-state index contributed by atoms with van der Waals surface area (Å²) in [6, 6.07) is 49.9. The molecule has 0 saturated carbocycles. The lowest BCUT2D eigenvalue weighted by Gasteiger charge is -2.09. The fraction of sp³-hybridized carbons (Fsp3) is 0. The highest BCUT2D eigenvalue weighted by molar-refractivity contribution is 7.26. The molecule has 0 aliphatic heterocycles. The Labute approximate surface area is 266 Å². The van der Waals surface area contributed by atoms with Gasteiger partial charge >= 0.3 is 0 Å². The third kappa shape index (κ3) is 3.26. The highest BCUT2D eigenvalue weighted by Crippen LogP contribution is 2.44. The summed E-state index contributed by atoms with van der Waals surface area (Å²) in [6.45, 7) is 0. The molecule has 0 aliphatic carbocycles. The third-order valence-electron chi connectivity index (χ3n) is 9.60. The summed E-state index contributed by atoms with van der Waals surface area (Å²) in [5, 5.41) is 9.62. The van der Waals surface area contributed by atoms with Crippen molar-refractivity contribution in [2.45, 2.75) is 0 Å². The van der Waals surface area contributed by atoms with E-state index in [1.54, 1.807) is 0 Å². The molecular weight excluding hydrogens is 583 g/mol. The molecule has 0 N–H and O–H groups in total. The Morgan fingerprint density at radius 2 is 0.957 bits per heavy atom. The average molecular weight is 606 g/mol. The summed E-state index contributed by atoms with van der Waals surface area (Å²) < 4.78 is 17.5. The first-order chi connectivity index (χ1) is 22.8. The zero-order chi connectivity index (χ0) is 29.9. The quantitative estimate of drug-likeness (QED) is 0.196. The van der Waals surface area contributed by atoms with Crippen LogP contribution >= 0.6 is 11.3 Å². The number of benzene rings is 7. The Morgan fingerprint density at radius 1 is 0.391 bits per heavy atom. The number of fused-ring (bicyclic) bond motifs is 12. The molecule has 214 valence electrons. The topological polar surface area (TPSA) is 31.2 Å². The van der Waals surface area contributed by atoms with E-state index in [9.17, 15) is 0 Å². The van der Waals surface area contributed by atoms with Crippen molar-refractivity contribution in [2.75, 3.05) is 0 Å². The normalized spacial score (nSPS) is 12.3. The summed E-state index contributed by atoms with van der Waals surface area (Å²) in [6.07, 6.45) is 0. The van der Waals surface area contributed by atoms with Gasteiger partial charge in [0.2, 0.25) is 0 Å². The van der Waals surface area contributed by atoms with E-state index in [0.717, 1.165) is 55.0 Å². The van der Waals surface area contributed by atoms with Gasteiger partial charge in [-0.05, 0) is 71.8 Å². The second-order valence-corrected chi connectivity index (χ2v) is 13.1. The van der Waals surface area contributed by atoms with E-state index >= 15 is 0 Å². The van der Waals surface area contributed by atoms with Crippen molar-refractivity contribution in [1.82, 2.24) is 4.57 Å². The third-order valence-corrected chi connectivity index (χ3v) is 10.8. The van der Waals surface area contributed by atoms with Crippen molar-refractivity contribution in [3.8, 4) is 16.8 Å². The molecule has 7 aromatic carbocycles. The van der Waals surface area contributed by atoms with E-state index in [4.69, 9.17) is 8.83 Å². The number of rotatable bonds is 2. The number of thiophene rings is 1. The summed E-state index contributed by atoms with van der Waals surface area (Å²) in [4.78, 5) is 0. The van der Waals surface area contributed by atoms with Gasteiger partial charge < -0.3 is 13.4 Å². The summed E-state index contributed by atoms with van der Waals surface area (Å²) in [5.41, 5.74) is 9.63. The van der Waals surface area contributed by atoms with Gasteiger partial charge in [-0.2, -0.15) is 0 Å². The molecule has 3 nitrogen and oxygen atoms in total. The van der Waals surface area contributed by atoms with Crippen LogP contribution in [0.4, 0.5) is 0 Å². The molecular formula is C42H23NO2S. The molecule has 0 atom stereocenters. The maximum absolute atomic E-state index is 6.47. The van der Waals surface area contributed by atoms with Crippen LogP contribution in [0.1, 0.15) is 0 Å².